The molecule has 0 saturated carbocycles. The Morgan fingerprint density at radius 2 is 1.73 bits per heavy atom. The lowest BCUT2D eigenvalue weighted by atomic mass is 10.2. The molecule has 0 aliphatic heterocycles. The van der Waals surface area contributed by atoms with Gasteiger partial charge in [-0.1, -0.05) is 0 Å². The molecule has 0 rings (SSSR count). The minimum absolute atomic E-state index is 0.266. The molecule has 0 aliphatic rings. The zero-order valence-corrected chi connectivity index (χ0v) is 14.4. The Bertz CT molecular complexity index is 531. The number of alkyl carbamates (subject to hydrolysis) is 1. The largest absolute Gasteiger partial charge is 0.487 e. The molecule has 0 aromatic carbocycles. The predicted molar refractivity (Wildman–Crippen MR) is 79.7 cm³/mol. The summed E-state index contributed by atoms with van der Waals surface area (Å²) in [4.78, 5) is 23.1. The quantitative estimate of drug-likeness (QED) is 0.568. The van der Waals surface area contributed by atoms with Crippen molar-refractivity contribution in [3.8, 4) is 0 Å². The fourth-order valence-corrected chi connectivity index (χ4v) is 2.09. The second-order valence-electron chi connectivity index (χ2n) is 5.49. The standard InChI is InChI=1S/C13H23NO7S/c1-13(2,3)21-12(16)14-9(7-10(15)19-4)8-11(20-5)22(6,17)18/h8-9H,7H2,1-6H3,(H,14,16)/t9-/m0/s1. The van der Waals surface area contributed by atoms with Gasteiger partial charge in [-0.15, -0.1) is 0 Å². The maximum Gasteiger partial charge on any atom is 0.408 e. The third kappa shape index (κ3) is 8.50. The Morgan fingerprint density at radius 1 is 1.18 bits per heavy atom. The summed E-state index contributed by atoms with van der Waals surface area (Å²) in [6.07, 6.45) is 1.01. The van der Waals surface area contributed by atoms with Crippen molar-refractivity contribution in [3.63, 3.8) is 0 Å². The normalized spacial score (nSPS) is 14.0. The smallest absolute Gasteiger partial charge is 0.408 e. The number of sulfone groups is 1. The van der Waals surface area contributed by atoms with E-state index < -0.39 is 33.5 Å². The van der Waals surface area contributed by atoms with Gasteiger partial charge in [0.2, 0.25) is 14.9 Å². The molecule has 128 valence electrons. The van der Waals surface area contributed by atoms with E-state index in [0.717, 1.165) is 12.3 Å². The minimum Gasteiger partial charge on any atom is -0.487 e. The number of hydrogen-bond donors (Lipinski definition) is 1. The summed E-state index contributed by atoms with van der Waals surface area (Å²) in [7, 11) is -1.27. The average Bonchev–Trinajstić information content (AvgIpc) is 2.31. The first kappa shape index (κ1) is 20.2. The van der Waals surface area contributed by atoms with E-state index in [1.807, 2.05) is 0 Å². The molecule has 0 fully saturated rings. The molecule has 1 N–H and O–H groups in total. The number of hydrogen-bond acceptors (Lipinski definition) is 7. The van der Waals surface area contributed by atoms with E-state index in [9.17, 15) is 18.0 Å². The molecule has 0 aliphatic carbocycles. The number of nitrogens with one attached hydrogen (secondary N) is 1. The van der Waals surface area contributed by atoms with Gasteiger partial charge in [-0.25, -0.2) is 13.2 Å². The van der Waals surface area contributed by atoms with Gasteiger partial charge in [0.1, 0.15) is 5.60 Å². The Labute approximate surface area is 130 Å². The summed E-state index contributed by atoms with van der Waals surface area (Å²) in [6.45, 7) is 5.03. The number of rotatable bonds is 6. The van der Waals surface area contributed by atoms with Gasteiger partial charge in [0.25, 0.3) is 0 Å². The highest BCUT2D eigenvalue weighted by molar-refractivity contribution is 7.94. The molecule has 0 radical (unpaired) electrons. The fraction of sp³-hybridized carbons (Fsp3) is 0.692. The summed E-state index contributed by atoms with van der Waals surface area (Å²) in [5.74, 6) is -0.624. The topological polar surface area (TPSA) is 108 Å². The summed E-state index contributed by atoms with van der Waals surface area (Å²) in [6, 6.07) is -0.952. The molecule has 1 amide bonds. The van der Waals surface area contributed by atoms with Crippen molar-refractivity contribution in [1.82, 2.24) is 5.32 Å². The van der Waals surface area contributed by atoms with E-state index in [4.69, 9.17) is 9.47 Å². The van der Waals surface area contributed by atoms with Crippen LogP contribution in [0.25, 0.3) is 0 Å². The Kier molecular flexibility index (Phi) is 7.37. The van der Waals surface area contributed by atoms with Gasteiger partial charge < -0.3 is 19.5 Å². The maximum atomic E-state index is 11.8. The third-order valence-corrected chi connectivity index (χ3v) is 3.25. The molecule has 22 heavy (non-hydrogen) atoms. The number of methoxy groups -OCH3 is 2. The highest BCUT2D eigenvalue weighted by Gasteiger charge is 2.23. The van der Waals surface area contributed by atoms with Crippen LogP contribution in [-0.4, -0.2) is 52.6 Å². The average molecular weight is 337 g/mol. The number of carbonyl (C=O) groups excluding carboxylic acids is 2. The Hall–Kier alpha value is -1.77. The molecule has 8 nitrogen and oxygen atoms in total. The van der Waals surface area contributed by atoms with Gasteiger partial charge in [0.15, 0.2) is 0 Å². The van der Waals surface area contributed by atoms with Gasteiger partial charge in [0, 0.05) is 6.26 Å². The third-order valence-electron chi connectivity index (χ3n) is 2.22. The van der Waals surface area contributed by atoms with Crippen molar-refractivity contribution in [1.29, 1.82) is 0 Å². The molecule has 0 aromatic rings. The lowest BCUT2D eigenvalue weighted by Crippen LogP contribution is -2.39. The Morgan fingerprint density at radius 3 is 2.09 bits per heavy atom. The molecule has 0 bridgehead atoms. The van der Waals surface area contributed by atoms with Crippen LogP contribution in [-0.2, 0) is 28.8 Å². The molecule has 1 atom stereocenters. The van der Waals surface area contributed by atoms with Crippen molar-refractivity contribution < 1.29 is 32.2 Å². The summed E-state index contributed by atoms with van der Waals surface area (Å²) < 4.78 is 37.4. The first-order chi connectivity index (χ1) is 9.89. The maximum absolute atomic E-state index is 11.8. The number of carbonyl (C=O) groups is 2. The Balaban J connectivity index is 5.25. The van der Waals surface area contributed by atoms with Crippen LogP contribution in [0.3, 0.4) is 0 Å². The number of ether oxygens (including phenoxy) is 3. The molecule has 9 heteroatoms. The molecule has 0 spiro atoms. The number of amides is 1. The first-order valence-electron chi connectivity index (χ1n) is 6.41. The van der Waals surface area contributed by atoms with Crippen LogP contribution in [0.15, 0.2) is 11.2 Å². The van der Waals surface area contributed by atoms with Gasteiger partial charge in [-0.3, -0.25) is 4.79 Å². The van der Waals surface area contributed by atoms with Crippen LogP contribution in [0.2, 0.25) is 0 Å². The summed E-state index contributed by atoms with van der Waals surface area (Å²) in [5, 5.41) is 2.03. The van der Waals surface area contributed by atoms with Crippen LogP contribution >= 0.6 is 0 Å². The predicted octanol–water partition coefficient (Wildman–Crippen LogP) is 0.975. The van der Waals surface area contributed by atoms with Crippen LogP contribution in [0.1, 0.15) is 27.2 Å². The van der Waals surface area contributed by atoms with Crippen molar-refractivity contribution >= 4 is 21.9 Å². The molecular formula is C13H23NO7S. The van der Waals surface area contributed by atoms with E-state index in [-0.39, 0.29) is 11.5 Å². The molecule has 0 saturated heterocycles. The second kappa shape index (κ2) is 8.02. The highest BCUT2D eigenvalue weighted by Crippen LogP contribution is 2.11. The summed E-state index contributed by atoms with van der Waals surface area (Å²) in [5.41, 5.74) is -0.732. The fourth-order valence-electron chi connectivity index (χ4n) is 1.38. The van der Waals surface area contributed by atoms with E-state index in [0.29, 0.717) is 0 Å². The van der Waals surface area contributed by atoms with Crippen LogP contribution < -0.4 is 5.32 Å². The van der Waals surface area contributed by atoms with Gasteiger partial charge in [-0.05, 0) is 26.8 Å². The molecular weight excluding hydrogens is 314 g/mol. The minimum atomic E-state index is -3.63. The van der Waals surface area contributed by atoms with E-state index in [1.54, 1.807) is 20.8 Å². The SMILES string of the molecule is COC(=O)C[C@@H](C=C(OC)S(C)(=O)=O)NC(=O)OC(C)(C)C. The van der Waals surface area contributed by atoms with Gasteiger partial charge in [-0.2, -0.15) is 0 Å². The van der Waals surface area contributed by atoms with Crippen molar-refractivity contribution in [2.24, 2.45) is 0 Å². The summed E-state index contributed by atoms with van der Waals surface area (Å²) >= 11 is 0. The lowest BCUT2D eigenvalue weighted by Gasteiger charge is -2.22. The van der Waals surface area contributed by atoms with Crippen LogP contribution in [0, 0.1) is 0 Å². The lowest BCUT2D eigenvalue weighted by molar-refractivity contribution is -0.140. The zero-order valence-electron chi connectivity index (χ0n) is 13.6. The van der Waals surface area contributed by atoms with Gasteiger partial charge in [0.05, 0.1) is 26.7 Å². The highest BCUT2D eigenvalue weighted by atomic mass is 32.2. The van der Waals surface area contributed by atoms with E-state index in [2.05, 4.69) is 10.1 Å². The van der Waals surface area contributed by atoms with E-state index >= 15 is 0 Å². The van der Waals surface area contributed by atoms with Crippen molar-refractivity contribution in [3.05, 3.63) is 11.2 Å². The van der Waals surface area contributed by atoms with E-state index in [1.165, 1.54) is 14.2 Å². The monoisotopic (exact) mass is 337 g/mol. The van der Waals surface area contributed by atoms with Crippen LogP contribution in [0.4, 0.5) is 4.79 Å². The van der Waals surface area contributed by atoms with Crippen LogP contribution in [0.5, 0.6) is 0 Å². The molecule has 0 aromatic heterocycles. The van der Waals surface area contributed by atoms with Crippen molar-refractivity contribution in [2.45, 2.75) is 38.8 Å². The molecule has 0 heterocycles. The zero-order chi connectivity index (χ0) is 17.6. The van der Waals surface area contributed by atoms with Gasteiger partial charge >= 0.3 is 12.1 Å². The molecule has 0 unspecified atom stereocenters. The first-order valence-corrected chi connectivity index (χ1v) is 8.30. The van der Waals surface area contributed by atoms with Crippen molar-refractivity contribution in [2.75, 3.05) is 20.5 Å². The second-order valence-corrected chi connectivity index (χ2v) is 7.44. The number of esters is 1.